The molecule has 0 heterocycles. The number of amides is 1. The zero-order chi connectivity index (χ0) is 11.8. The summed E-state index contributed by atoms with van der Waals surface area (Å²) in [5, 5.41) is 10.7. The van der Waals surface area contributed by atoms with E-state index in [2.05, 4.69) is 16.6 Å². The highest BCUT2D eigenvalue weighted by Gasteiger charge is 2.14. The van der Waals surface area contributed by atoms with E-state index in [4.69, 9.17) is 5.11 Å². The average Bonchev–Trinajstić information content (AvgIpc) is 2.21. The van der Waals surface area contributed by atoms with Crippen molar-refractivity contribution in [1.29, 1.82) is 0 Å². The first-order chi connectivity index (χ1) is 6.97. The van der Waals surface area contributed by atoms with E-state index in [1.807, 2.05) is 0 Å². The molecule has 1 atom stereocenters. The molecule has 2 N–H and O–H groups in total. The molecule has 0 aliphatic rings. The smallest absolute Gasteiger partial charge is 0.417 e. The molecule has 0 aliphatic carbocycles. The number of aliphatic carboxylic acids is 1. The van der Waals surface area contributed by atoms with Crippen molar-refractivity contribution in [1.82, 2.24) is 5.32 Å². The van der Waals surface area contributed by atoms with Gasteiger partial charge in [-0.1, -0.05) is 13.5 Å². The van der Waals surface area contributed by atoms with Crippen LogP contribution in [-0.4, -0.2) is 36.1 Å². The van der Waals surface area contributed by atoms with E-state index in [9.17, 15) is 14.4 Å². The number of rotatable bonds is 5. The highest BCUT2D eigenvalue weighted by Crippen LogP contribution is 1.94. The first-order valence-corrected chi connectivity index (χ1v) is 4.27. The number of ether oxygens (including phenoxy) is 1. The Balaban J connectivity index is 3.70. The van der Waals surface area contributed by atoms with Gasteiger partial charge in [0.05, 0.1) is 6.61 Å². The molecule has 84 valence electrons. The molecule has 0 aromatic rings. The topological polar surface area (TPSA) is 92.7 Å². The van der Waals surface area contributed by atoms with Crippen LogP contribution in [0.1, 0.15) is 6.92 Å². The van der Waals surface area contributed by atoms with Crippen molar-refractivity contribution >= 4 is 17.8 Å². The van der Waals surface area contributed by atoms with Gasteiger partial charge in [-0.05, 0) is 6.08 Å². The highest BCUT2D eigenvalue weighted by molar-refractivity contribution is 6.28. The van der Waals surface area contributed by atoms with Gasteiger partial charge in [-0.3, -0.25) is 4.79 Å². The van der Waals surface area contributed by atoms with Crippen LogP contribution in [0.2, 0.25) is 0 Å². The lowest BCUT2D eigenvalue weighted by Crippen LogP contribution is -2.30. The van der Waals surface area contributed by atoms with Crippen molar-refractivity contribution in [3.8, 4) is 0 Å². The zero-order valence-electron chi connectivity index (χ0n) is 8.36. The molecular formula is C9H13NO5. The Morgan fingerprint density at radius 2 is 2.13 bits per heavy atom. The third-order valence-corrected chi connectivity index (χ3v) is 1.48. The molecule has 6 heteroatoms. The molecule has 0 aliphatic heterocycles. The molecule has 15 heavy (non-hydrogen) atoms. The monoisotopic (exact) mass is 215 g/mol. The van der Waals surface area contributed by atoms with Gasteiger partial charge in [0.1, 0.15) is 0 Å². The second-order valence-electron chi connectivity index (χ2n) is 2.96. The lowest BCUT2D eigenvalue weighted by molar-refractivity contribution is -0.164. The molecule has 0 aromatic heterocycles. The van der Waals surface area contributed by atoms with Crippen LogP contribution < -0.4 is 5.32 Å². The van der Waals surface area contributed by atoms with Gasteiger partial charge in [0.2, 0.25) is 5.91 Å². The van der Waals surface area contributed by atoms with Crippen LogP contribution in [0.15, 0.2) is 12.7 Å². The molecule has 0 aromatic carbocycles. The minimum Gasteiger partial charge on any atom is -0.473 e. The van der Waals surface area contributed by atoms with Crippen molar-refractivity contribution in [2.24, 2.45) is 5.92 Å². The molecule has 0 bridgehead atoms. The SMILES string of the molecule is C=CC(=O)NCC(C)COC(=O)C(=O)O. The number of hydrogen-bond acceptors (Lipinski definition) is 4. The number of hydrogen-bond donors (Lipinski definition) is 2. The Kier molecular flexibility index (Phi) is 5.77. The van der Waals surface area contributed by atoms with Crippen LogP contribution in [0, 0.1) is 5.92 Å². The van der Waals surface area contributed by atoms with Crippen molar-refractivity contribution in [2.45, 2.75) is 6.92 Å². The van der Waals surface area contributed by atoms with E-state index in [0.717, 1.165) is 6.08 Å². The molecule has 1 unspecified atom stereocenters. The average molecular weight is 215 g/mol. The van der Waals surface area contributed by atoms with Crippen LogP contribution in [-0.2, 0) is 19.1 Å². The molecule has 0 radical (unpaired) electrons. The lowest BCUT2D eigenvalue weighted by Gasteiger charge is -2.10. The summed E-state index contributed by atoms with van der Waals surface area (Å²) in [7, 11) is 0. The first-order valence-electron chi connectivity index (χ1n) is 4.27. The summed E-state index contributed by atoms with van der Waals surface area (Å²) in [5.41, 5.74) is 0. The molecule has 1 amide bonds. The van der Waals surface area contributed by atoms with Crippen LogP contribution in [0.3, 0.4) is 0 Å². The van der Waals surface area contributed by atoms with Crippen molar-refractivity contribution < 1.29 is 24.2 Å². The third kappa shape index (κ3) is 6.25. The summed E-state index contributed by atoms with van der Waals surface area (Å²) in [6.07, 6.45) is 1.12. The molecule has 0 saturated carbocycles. The van der Waals surface area contributed by atoms with Gasteiger partial charge >= 0.3 is 11.9 Å². The fourth-order valence-electron chi connectivity index (χ4n) is 0.686. The number of carboxylic acid groups (broad SMARTS) is 1. The maximum atomic E-state index is 10.7. The molecule has 0 spiro atoms. The van der Waals surface area contributed by atoms with Gasteiger partial charge in [-0.15, -0.1) is 0 Å². The molecular weight excluding hydrogens is 202 g/mol. The second-order valence-corrected chi connectivity index (χ2v) is 2.96. The number of carbonyl (C=O) groups is 3. The largest absolute Gasteiger partial charge is 0.473 e. The van der Waals surface area contributed by atoms with Gasteiger partial charge in [0, 0.05) is 12.5 Å². The van der Waals surface area contributed by atoms with E-state index in [0.29, 0.717) is 0 Å². The van der Waals surface area contributed by atoms with E-state index < -0.39 is 11.9 Å². The van der Waals surface area contributed by atoms with Crippen LogP contribution >= 0.6 is 0 Å². The van der Waals surface area contributed by atoms with E-state index >= 15 is 0 Å². The van der Waals surface area contributed by atoms with Crippen molar-refractivity contribution in [2.75, 3.05) is 13.2 Å². The Bertz CT molecular complexity index is 274. The lowest BCUT2D eigenvalue weighted by atomic mass is 10.2. The Labute approximate surface area is 86.9 Å². The molecule has 6 nitrogen and oxygen atoms in total. The highest BCUT2D eigenvalue weighted by atomic mass is 16.6. The number of carboxylic acids is 1. The maximum absolute atomic E-state index is 10.7. The molecule has 0 fully saturated rings. The predicted molar refractivity (Wildman–Crippen MR) is 51.0 cm³/mol. The summed E-state index contributed by atoms with van der Waals surface area (Å²) in [5.74, 6) is -3.40. The molecule has 0 rings (SSSR count). The van der Waals surface area contributed by atoms with Gasteiger partial charge < -0.3 is 15.2 Å². The number of carbonyl (C=O) groups excluding carboxylic acids is 2. The summed E-state index contributed by atoms with van der Waals surface area (Å²) < 4.78 is 4.42. The van der Waals surface area contributed by atoms with Gasteiger partial charge in [-0.25, -0.2) is 9.59 Å². The molecule has 0 saturated heterocycles. The fourth-order valence-corrected chi connectivity index (χ4v) is 0.686. The van der Waals surface area contributed by atoms with Gasteiger partial charge in [0.15, 0.2) is 0 Å². The third-order valence-electron chi connectivity index (χ3n) is 1.48. The standard InChI is InChI=1S/C9H13NO5/c1-3-7(11)10-4-6(2)5-15-9(14)8(12)13/h3,6H,1,4-5H2,2H3,(H,10,11)(H,12,13). The van der Waals surface area contributed by atoms with Crippen LogP contribution in [0.25, 0.3) is 0 Å². The summed E-state index contributed by atoms with van der Waals surface area (Å²) in [6.45, 7) is 5.20. The van der Waals surface area contributed by atoms with Crippen molar-refractivity contribution in [3.63, 3.8) is 0 Å². The number of nitrogens with one attached hydrogen (secondary N) is 1. The van der Waals surface area contributed by atoms with E-state index in [-0.39, 0.29) is 25.0 Å². The fraction of sp³-hybridized carbons (Fsp3) is 0.444. The van der Waals surface area contributed by atoms with Crippen molar-refractivity contribution in [3.05, 3.63) is 12.7 Å². The van der Waals surface area contributed by atoms with Crippen LogP contribution in [0.4, 0.5) is 0 Å². The second kappa shape index (κ2) is 6.58. The Morgan fingerprint density at radius 1 is 1.53 bits per heavy atom. The van der Waals surface area contributed by atoms with E-state index in [1.54, 1.807) is 6.92 Å². The zero-order valence-corrected chi connectivity index (χ0v) is 8.36. The summed E-state index contributed by atoms with van der Waals surface area (Å²) in [6, 6.07) is 0. The maximum Gasteiger partial charge on any atom is 0.417 e. The Morgan fingerprint density at radius 3 is 2.60 bits per heavy atom. The minimum absolute atomic E-state index is 0.0530. The first kappa shape index (κ1) is 13.2. The summed E-state index contributed by atoms with van der Waals surface area (Å²) in [4.78, 5) is 31.3. The predicted octanol–water partition coefficient (Wildman–Crippen LogP) is -0.448. The van der Waals surface area contributed by atoms with Gasteiger partial charge in [-0.2, -0.15) is 0 Å². The summed E-state index contributed by atoms with van der Waals surface area (Å²) >= 11 is 0. The quantitative estimate of drug-likeness (QED) is 0.368. The number of esters is 1. The van der Waals surface area contributed by atoms with Gasteiger partial charge in [0.25, 0.3) is 0 Å². The van der Waals surface area contributed by atoms with Crippen LogP contribution in [0.5, 0.6) is 0 Å². The minimum atomic E-state index is -1.63. The Hall–Kier alpha value is -1.85. The van der Waals surface area contributed by atoms with E-state index in [1.165, 1.54) is 0 Å². The normalized spacial score (nSPS) is 11.3.